The summed E-state index contributed by atoms with van der Waals surface area (Å²) >= 11 is 6.31. The van der Waals surface area contributed by atoms with E-state index in [1.165, 1.54) is 18.2 Å². The molecule has 2 N–H and O–H groups in total. The Hall–Kier alpha value is -0.920. The lowest BCUT2D eigenvalue weighted by atomic mass is 10.2. The summed E-state index contributed by atoms with van der Waals surface area (Å²) in [4.78, 5) is 11.0. The second-order valence-corrected chi connectivity index (χ2v) is 4.82. The van der Waals surface area contributed by atoms with Crippen LogP contribution >= 0.6 is 23.4 Å². The first-order valence-electron chi connectivity index (χ1n) is 4.62. The van der Waals surface area contributed by atoms with Crippen molar-refractivity contribution in [3.8, 4) is 0 Å². The minimum absolute atomic E-state index is 0.00298. The van der Waals surface area contributed by atoms with Crippen molar-refractivity contribution in [2.45, 2.75) is 17.2 Å². The van der Waals surface area contributed by atoms with Gasteiger partial charge in [-0.3, -0.25) is 0 Å². The van der Waals surface area contributed by atoms with Crippen molar-refractivity contribution in [3.05, 3.63) is 28.8 Å². The third-order valence-corrected chi connectivity index (χ3v) is 3.35. The monoisotopic (exact) mass is 300 g/mol. The topological polar surface area (TPSA) is 57.5 Å². The number of aromatic carboxylic acids is 1. The summed E-state index contributed by atoms with van der Waals surface area (Å²) in [6, 6.07) is 3.84. The molecule has 0 aromatic heterocycles. The molecule has 0 heterocycles. The van der Waals surface area contributed by atoms with E-state index in [2.05, 4.69) is 0 Å². The van der Waals surface area contributed by atoms with E-state index < -0.39 is 24.0 Å². The summed E-state index contributed by atoms with van der Waals surface area (Å²) in [5.74, 6) is -1.87. The molecule has 100 valence electrons. The number of hydrogen-bond acceptors (Lipinski definition) is 3. The molecule has 0 fully saturated rings. The zero-order chi connectivity index (χ0) is 13.9. The lowest BCUT2D eigenvalue weighted by Gasteiger charge is -2.14. The molecule has 1 rings (SSSR count). The van der Waals surface area contributed by atoms with Crippen molar-refractivity contribution in [3.63, 3.8) is 0 Å². The third kappa shape index (κ3) is 4.08. The van der Waals surface area contributed by atoms with Gasteiger partial charge in [0.15, 0.2) is 6.10 Å². The van der Waals surface area contributed by atoms with Gasteiger partial charge in [0.1, 0.15) is 0 Å². The summed E-state index contributed by atoms with van der Waals surface area (Å²) in [7, 11) is 0. The van der Waals surface area contributed by atoms with E-state index in [4.69, 9.17) is 21.8 Å². The van der Waals surface area contributed by atoms with E-state index >= 15 is 0 Å². The minimum atomic E-state index is -4.69. The third-order valence-electron chi connectivity index (χ3n) is 1.95. The predicted octanol–water partition coefficient (Wildman–Crippen LogP) is 3.05. The van der Waals surface area contributed by atoms with E-state index in [1.54, 1.807) is 0 Å². The number of hydrogen-bond donors (Lipinski definition) is 2. The van der Waals surface area contributed by atoms with Crippen LogP contribution in [0.15, 0.2) is 23.1 Å². The number of carboxylic acids is 1. The Morgan fingerprint density at radius 3 is 2.56 bits per heavy atom. The smallest absolute Gasteiger partial charge is 0.415 e. The van der Waals surface area contributed by atoms with Gasteiger partial charge in [0.05, 0.1) is 10.6 Å². The van der Waals surface area contributed by atoms with E-state index in [0.29, 0.717) is 16.7 Å². The van der Waals surface area contributed by atoms with Crippen LogP contribution in [-0.2, 0) is 0 Å². The van der Waals surface area contributed by atoms with E-state index in [1.807, 2.05) is 0 Å². The van der Waals surface area contributed by atoms with Crippen LogP contribution in [-0.4, -0.2) is 34.2 Å². The molecule has 0 saturated carbocycles. The molecule has 0 bridgehead atoms. The second-order valence-electron chi connectivity index (χ2n) is 3.32. The molecule has 1 aromatic carbocycles. The number of aliphatic hydroxyl groups is 1. The van der Waals surface area contributed by atoms with Crippen molar-refractivity contribution in [1.29, 1.82) is 0 Å². The molecular weight excluding hydrogens is 293 g/mol. The average molecular weight is 301 g/mol. The highest BCUT2D eigenvalue weighted by Crippen LogP contribution is 2.29. The fourth-order valence-electron chi connectivity index (χ4n) is 1.03. The van der Waals surface area contributed by atoms with Gasteiger partial charge in [0.2, 0.25) is 0 Å². The van der Waals surface area contributed by atoms with Crippen LogP contribution in [0.4, 0.5) is 13.2 Å². The number of halogens is 4. The number of carboxylic acid groups (broad SMARTS) is 1. The summed E-state index contributed by atoms with van der Waals surface area (Å²) in [6.07, 6.45) is -7.14. The number of rotatable bonds is 4. The maximum absolute atomic E-state index is 12.0. The van der Waals surface area contributed by atoms with Crippen LogP contribution in [0.5, 0.6) is 0 Å². The highest BCUT2D eigenvalue weighted by atomic mass is 35.5. The maximum atomic E-state index is 12.0. The lowest BCUT2D eigenvalue weighted by Crippen LogP contribution is -2.30. The molecule has 0 aliphatic carbocycles. The van der Waals surface area contributed by atoms with Gasteiger partial charge in [0.25, 0.3) is 0 Å². The highest BCUT2D eigenvalue weighted by Gasteiger charge is 2.37. The van der Waals surface area contributed by atoms with Crippen molar-refractivity contribution in [2.75, 3.05) is 5.75 Å². The number of alkyl halides is 3. The zero-order valence-corrected chi connectivity index (χ0v) is 10.3. The molecular formula is C10H8ClF3O3S. The molecule has 1 atom stereocenters. The lowest BCUT2D eigenvalue weighted by molar-refractivity contribution is -0.195. The molecule has 8 heteroatoms. The molecule has 0 amide bonds. The molecule has 0 saturated heterocycles. The molecule has 0 radical (unpaired) electrons. The zero-order valence-electron chi connectivity index (χ0n) is 8.74. The van der Waals surface area contributed by atoms with Gasteiger partial charge in [-0.1, -0.05) is 11.6 Å². The Labute approximate surface area is 110 Å². The van der Waals surface area contributed by atoms with Crippen molar-refractivity contribution in [1.82, 2.24) is 0 Å². The second kappa shape index (κ2) is 5.81. The number of carbonyl (C=O) groups is 1. The Bertz CT molecular complexity index is 450. The van der Waals surface area contributed by atoms with Crippen molar-refractivity contribution < 1.29 is 28.2 Å². The summed E-state index contributed by atoms with van der Waals surface area (Å²) in [5.41, 5.74) is -0.192. The first-order chi connectivity index (χ1) is 8.21. The van der Waals surface area contributed by atoms with E-state index in [9.17, 15) is 18.0 Å². The molecule has 18 heavy (non-hydrogen) atoms. The molecule has 0 spiro atoms. The summed E-state index contributed by atoms with van der Waals surface area (Å²) < 4.78 is 36.1. The molecule has 0 aliphatic rings. The van der Waals surface area contributed by atoms with Crippen molar-refractivity contribution in [2.24, 2.45) is 0 Å². The molecule has 3 nitrogen and oxygen atoms in total. The average Bonchev–Trinajstić information content (AvgIpc) is 2.25. The van der Waals surface area contributed by atoms with Crippen LogP contribution in [0.3, 0.4) is 0 Å². The van der Waals surface area contributed by atoms with Crippen molar-refractivity contribution >= 4 is 29.3 Å². The fraction of sp³-hybridized carbons (Fsp3) is 0.300. The standard InChI is InChI=1S/C10H8ClF3O3S/c11-7-2-1-5(3-6(7)9(16)17)18-4-8(15)10(12,13)14/h1-3,8,15H,4H2,(H,16,17). The SMILES string of the molecule is O=C(O)c1cc(SCC(O)C(F)(F)F)ccc1Cl. The quantitative estimate of drug-likeness (QED) is 0.839. The summed E-state index contributed by atoms with van der Waals surface area (Å²) in [5, 5.41) is 17.6. The van der Waals surface area contributed by atoms with Gasteiger partial charge in [0, 0.05) is 10.6 Å². The van der Waals surface area contributed by atoms with Crippen LogP contribution in [0.25, 0.3) is 0 Å². The Morgan fingerprint density at radius 1 is 1.44 bits per heavy atom. The van der Waals surface area contributed by atoms with E-state index in [0.717, 1.165) is 0 Å². The largest absolute Gasteiger partial charge is 0.478 e. The van der Waals surface area contributed by atoms with Gasteiger partial charge in [-0.2, -0.15) is 13.2 Å². The van der Waals surface area contributed by atoms with Crippen LogP contribution < -0.4 is 0 Å². The maximum Gasteiger partial charge on any atom is 0.415 e. The van der Waals surface area contributed by atoms with Gasteiger partial charge in [-0.15, -0.1) is 11.8 Å². The van der Waals surface area contributed by atoms with Crippen LogP contribution in [0, 0.1) is 0 Å². The first kappa shape index (κ1) is 15.1. The van der Waals surface area contributed by atoms with Gasteiger partial charge >= 0.3 is 12.1 Å². The number of aliphatic hydroxyl groups excluding tert-OH is 1. The van der Waals surface area contributed by atoms with Crippen LogP contribution in [0.2, 0.25) is 5.02 Å². The first-order valence-corrected chi connectivity index (χ1v) is 5.98. The Kier molecular flexibility index (Phi) is 4.89. The Balaban J connectivity index is 2.75. The highest BCUT2D eigenvalue weighted by molar-refractivity contribution is 7.99. The normalized spacial score (nSPS) is 13.4. The molecule has 1 aromatic rings. The number of thioether (sulfide) groups is 1. The number of benzene rings is 1. The predicted molar refractivity (Wildman–Crippen MR) is 61.2 cm³/mol. The van der Waals surface area contributed by atoms with Gasteiger partial charge in [-0.05, 0) is 18.2 Å². The summed E-state index contributed by atoms with van der Waals surface area (Å²) in [6.45, 7) is 0. The van der Waals surface area contributed by atoms with Gasteiger partial charge < -0.3 is 10.2 Å². The molecule has 1 unspecified atom stereocenters. The van der Waals surface area contributed by atoms with Gasteiger partial charge in [-0.25, -0.2) is 4.79 Å². The van der Waals surface area contributed by atoms with Crippen LogP contribution in [0.1, 0.15) is 10.4 Å². The fourth-order valence-corrected chi connectivity index (χ4v) is 2.13. The molecule has 0 aliphatic heterocycles. The minimum Gasteiger partial charge on any atom is -0.478 e. The Morgan fingerprint density at radius 2 is 2.06 bits per heavy atom. The van der Waals surface area contributed by atoms with E-state index in [-0.39, 0.29) is 10.6 Å².